The third-order valence-corrected chi connectivity index (χ3v) is 3.80. The minimum absolute atomic E-state index is 0.283. The summed E-state index contributed by atoms with van der Waals surface area (Å²) in [7, 11) is 3.01. The number of nitrogens with zero attached hydrogens (tertiary/aromatic N) is 1. The van der Waals surface area contributed by atoms with Crippen LogP contribution in [0, 0.1) is 6.92 Å². The third-order valence-electron chi connectivity index (χ3n) is 2.89. The zero-order chi connectivity index (χ0) is 15.4. The number of anilines is 1. The molecule has 1 aromatic carbocycles. The predicted molar refractivity (Wildman–Crippen MR) is 82.0 cm³/mol. The van der Waals surface area contributed by atoms with Crippen LogP contribution in [-0.2, 0) is 6.54 Å². The van der Waals surface area contributed by atoms with Gasteiger partial charge >= 0.3 is 0 Å². The number of hydrogen-bond donors (Lipinski definition) is 2. The summed E-state index contributed by atoms with van der Waals surface area (Å²) in [5, 5.41) is 3.63. The van der Waals surface area contributed by atoms with Crippen LogP contribution < -0.4 is 20.5 Å². The third kappa shape index (κ3) is 3.43. The SMILES string of the molecule is COc1cc(OC)c(N)c(C(=O)NCc2ncc(C)s2)c1. The predicted octanol–water partition coefficient (Wildman–Crippen LogP) is 1.98. The highest BCUT2D eigenvalue weighted by Gasteiger charge is 2.16. The molecular weight excluding hydrogens is 290 g/mol. The zero-order valence-electron chi connectivity index (χ0n) is 12.1. The van der Waals surface area contributed by atoms with E-state index in [1.165, 1.54) is 25.6 Å². The number of amides is 1. The molecule has 2 aromatic rings. The van der Waals surface area contributed by atoms with Gasteiger partial charge in [-0.2, -0.15) is 0 Å². The number of methoxy groups -OCH3 is 2. The van der Waals surface area contributed by atoms with Crippen molar-refractivity contribution in [2.24, 2.45) is 0 Å². The number of rotatable bonds is 5. The molecule has 0 aliphatic rings. The summed E-state index contributed by atoms with van der Waals surface area (Å²) in [6.45, 7) is 2.32. The number of ether oxygens (including phenoxy) is 2. The molecule has 0 bridgehead atoms. The number of thiazole rings is 1. The monoisotopic (exact) mass is 307 g/mol. The van der Waals surface area contributed by atoms with Gasteiger partial charge in [0.2, 0.25) is 0 Å². The van der Waals surface area contributed by atoms with Crippen molar-refractivity contribution < 1.29 is 14.3 Å². The molecule has 0 saturated carbocycles. The molecule has 0 aliphatic heterocycles. The second-order valence-electron chi connectivity index (χ2n) is 4.34. The highest BCUT2D eigenvalue weighted by Crippen LogP contribution is 2.31. The molecule has 1 aromatic heterocycles. The van der Waals surface area contributed by atoms with Gasteiger partial charge in [-0.25, -0.2) is 4.98 Å². The Morgan fingerprint density at radius 1 is 1.38 bits per heavy atom. The molecule has 0 fully saturated rings. The second kappa shape index (κ2) is 6.45. The van der Waals surface area contributed by atoms with Crippen molar-refractivity contribution in [3.63, 3.8) is 0 Å². The van der Waals surface area contributed by atoms with E-state index in [0.29, 0.717) is 23.6 Å². The van der Waals surface area contributed by atoms with E-state index in [1.807, 2.05) is 6.92 Å². The number of carbonyl (C=O) groups is 1. The van der Waals surface area contributed by atoms with Gasteiger partial charge < -0.3 is 20.5 Å². The molecule has 1 amide bonds. The Bertz CT molecular complexity index is 655. The van der Waals surface area contributed by atoms with E-state index in [4.69, 9.17) is 15.2 Å². The van der Waals surface area contributed by atoms with E-state index in [2.05, 4.69) is 10.3 Å². The van der Waals surface area contributed by atoms with Crippen molar-refractivity contribution in [1.82, 2.24) is 10.3 Å². The molecule has 0 saturated heterocycles. The van der Waals surface area contributed by atoms with Crippen molar-refractivity contribution in [2.75, 3.05) is 20.0 Å². The molecular formula is C14H17N3O3S. The summed E-state index contributed by atoms with van der Waals surface area (Å²) in [5.74, 6) is 0.624. The van der Waals surface area contributed by atoms with Crippen molar-refractivity contribution in [2.45, 2.75) is 13.5 Å². The Morgan fingerprint density at radius 2 is 2.14 bits per heavy atom. The lowest BCUT2D eigenvalue weighted by molar-refractivity contribution is 0.0951. The van der Waals surface area contributed by atoms with Crippen LogP contribution in [0.25, 0.3) is 0 Å². The van der Waals surface area contributed by atoms with E-state index < -0.39 is 0 Å². The molecule has 3 N–H and O–H groups in total. The zero-order valence-corrected chi connectivity index (χ0v) is 12.9. The summed E-state index contributed by atoms with van der Waals surface area (Å²) in [6.07, 6.45) is 1.77. The fourth-order valence-electron chi connectivity index (χ4n) is 1.81. The maximum Gasteiger partial charge on any atom is 0.254 e. The molecule has 1 heterocycles. The smallest absolute Gasteiger partial charge is 0.254 e. The van der Waals surface area contributed by atoms with Crippen LogP contribution >= 0.6 is 11.3 Å². The van der Waals surface area contributed by atoms with Gasteiger partial charge in [-0.05, 0) is 13.0 Å². The van der Waals surface area contributed by atoms with Crippen molar-refractivity contribution in [3.05, 3.63) is 33.8 Å². The van der Waals surface area contributed by atoms with Gasteiger partial charge in [-0.15, -0.1) is 11.3 Å². The van der Waals surface area contributed by atoms with Crippen LogP contribution in [0.2, 0.25) is 0 Å². The van der Waals surface area contributed by atoms with Gasteiger partial charge in [0, 0.05) is 17.1 Å². The van der Waals surface area contributed by atoms with Gasteiger partial charge in [0.1, 0.15) is 16.5 Å². The number of nitrogens with two attached hydrogens (primary N) is 1. The first kappa shape index (κ1) is 15.1. The van der Waals surface area contributed by atoms with E-state index in [-0.39, 0.29) is 11.6 Å². The lowest BCUT2D eigenvalue weighted by atomic mass is 10.1. The quantitative estimate of drug-likeness (QED) is 0.825. The maximum atomic E-state index is 12.3. The lowest BCUT2D eigenvalue weighted by Gasteiger charge is -2.12. The maximum absolute atomic E-state index is 12.3. The Labute approximate surface area is 126 Å². The fourth-order valence-corrected chi connectivity index (χ4v) is 2.54. The van der Waals surface area contributed by atoms with E-state index in [1.54, 1.807) is 18.3 Å². The summed E-state index contributed by atoms with van der Waals surface area (Å²) < 4.78 is 10.3. The molecule has 0 unspecified atom stereocenters. The van der Waals surface area contributed by atoms with Crippen molar-refractivity contribution in [3.8, 4) is 11.5 Å². The molecule has 0 atom stereocenters. The Balaban J connectivity index is 2.18. The van der Waals surface area contributed by atoms with Gasteiger partial charge in [0.15, 0.2) is 0 Å². The summed E-state index contributed by atoms with van der Waals surface area (Å²) in [6, 6.07) is 3.22. The number of nitrogen functional groups attached to an aromatic ring is 1. The molecule has 6 nitrogen and oxygen atoms in total. The van der Waals surface area contributed by atoms with E-state index >= 15 is 0 Å². The number of nitrogens with one attached hydrogen (secondary N) is 1. The second-order valence-corrected chi connectivity index (χ2v) is 5.66. The number of carbonyl (C=O) groups excluding carboxylic acids is 1. The molecule has 2 rings (SSSR count). The summed E-state index contributed by atoms with van der Waals surface area (Å²) >= 11 is 1.54. The topological polar surface area (TPSA) is 86.5 Å². The Morgan fingerprint density at radius 3 is 2.71 bits per heavy atom. The lowest BCUT2D eigenvalue weighted by Crippen LogP contribution is -2.24. The normalized spacial score (nSPS) is 10.2. The highest BCUT2D eigenvalue weighted by atomic mass is 32.1. The van der Waals surface area contributed by atoms with Crippen LogP contribution in [0.1, 0.15) is 20.2 Å². The molecule has 112 valence electrons. The molecule has 21 heavy (non-hydrogen) atoms. The Kier molecular flexibility index (Phi) is 4.64. The van der Waals surface area contributed by atoms with E-state index in [0.717, 1.165) is 9.88 Å². The fraction of sp³-hybridized carbons (Fsp3) is 0.286. The van der Waals surface area contributed by atoms with E-state index in [9.17, 15) is 4.79 Å². The van der Waals surface area contributed by atoms with Crippen molar-refractivity contribution in [1.29, 1.82) is 0 Å². The molecule has 0 aliphatic carbocycles. The largest absolute Gasteiger partial charge is 0.497 e. The van der Waals surface area contributed by atoms with Gasteiger partial charge in [0.25, 0.3) is 5.91 Å². The average Bonchev–Trinajstić information content (AvgIpc) is 2.90. The minimum Gasteiger partial charge on any atom is -0.497 e. The summed E-state index contributed by atoms with van der Waals surface area (Å²) in [5.41, 5.74) is 6.54. The number of benzene rings is 1. The minimum atomic E-state index is -0.294. The summed E-state index contributed by atoms with van der Waals surface area (Å²) in [4.78, 5) is 17.5. The standard InChI is InChI=1S/C14H17N3O3S/c1-8-6-16-12(21-8)7-17-14(18)10-4-9(19-2)5-11(20-3)13(10)15/h4-6H,7,15H2,1-3H3,(H,17,18). The number of aryl methyl sites for hydroxylation is 1. The van der Waals surface area contributed by atoms with Crippen LogP contribution in [0.4, 0.5) is 5.69 Å². The van der Waals surface area contributed by atoms with Crippen LogP contribution in [0.3, 0.4) is 0 Å². The number of aromatic nitrogens is 1. The van der Waals surface area contributed by atoms with Gasteiger partial charge in [-0.3, -0.25) is 4.79 Å². The first-order valence-electron chi connectivity index (χ1n) is 6.26. The molecule has 0 radical (unpaired) electrons. The first-order chi connectivity index (χ1) is 10.0. The molecule has 0 spiro atoms. The van der Waals surface area contributed by atoms with Gasteiger partial charge in [0.05, 0.1) is 32.0 Å². The van der Waals surface area contributed by atoms with Crippen LogP contribution in [0.15, 0.2) is 18.3 Å². The number of hydrogen-bond acceptors (Lipinski definition) is 6. The highest BCUT2D eigenvalue weighted by molar-refractivity contribution is 7.11. The molecule has 7 heteroatoms. The van der Waals surface area contributed by atoms with Crippen LogP contribution in [-0.4, -0.2) is 25.1 Å². The Hall–Kier alpha value is -2.28. The van der Waals surface area contributed by atoms with Crippen molar-refractivity contribution >= 4 is 22.9 Å². The van der Waals surface area contributed by atoms with Gasteiger partial charge in [-0.1, -0.05) is 0 Å². The average molecular weight is 307 g/mol. The first-order valence-corrected chi connectivity index (χ1v) is 7.07. The van der Waals surface area contributed by atoms with Crippen LogP contribution in [0.5, 0.6) is 11.5 Å².